The van der Waals surface area contributed by atoms with Crippen LogP contribution < -0.4 is 5.32 Å². The molecular weight excluding hydrogens is 316 g/mol. The Morgan fingerprint density at radius 1 is 1.00 bits per heavy atom. The third-order valence-corrected chi connectivity index (χ3v) is 4.94. The Kier molecular flexibility index (Phi) is 5.39. The second kappa shape index (κ2) is 7.88. The van der Waals surface area contributed by atoms with Gasteiger partial charge >= 0.3 is 0 Å². The molecule has 1 N–H and O–H groups in total. The molecule has 0 saturated carbocycles. The number of nitrogens with one attached hydrogen (secondary N) is 1. The van der Waals surface area contributed by atoms with Crippen LogP contribution in [0.4, 0.5) is 0 Å². The van der Waals surface area contributed by atoms with Gasteiger partial charge in [-0.1, -0.05) is 60.7 Å². The van der Waals surface area contributed by atoms with Crippen molar-refractivity contribution in [3.05, 3.63) is 87.4 Å². The fourth-order valence-electron chi connectivity index (χ4n) is 2.55. The van der Waals surface area contributed by atoms with Crippen molar-refractivity contribution in [2.75, 3.05) is 6.54 Å². The van der Waals surface area contributed by atoms with Crippen LogP contribution in [0.15, 0.2) is 60.7 Å². The van der Waals surface area contributed by atoms with Crippen molar-refractivity contribution in [2.24, 2.45) is 0 Å². The lowest BCUT2D eigenvalue weighted by atomic mass is 10.1. The number of thiazole rings is 1. The minimum atomic E-state index is -0.0276. The summed E-state index contributed by atoms with van der Waals surface area (Å²) < 4.78 is 0. The molecule has 1 amide bonds. The summed E-state index contributed by atoms with van der Waals surface area (Å²) >= 11 is 1.49. The van der Waals surface area contributed by atoms with Gasteiger partial charge in [-0.25, -0.2) is 4.98 Å². The van der Waals surface area contributed by atoms with Crippen molar-refractivity contribution in [1.82, 2.24) is 10.3 Å². The van der Waals surface area contributed by atoms with Crippen LogP contribution in [0, 0.1) is 6.92 Å². The van der Waals surface area contributed by atoms with E-state index in [1.807, 2.05) is 43.3 Å². The molecule has 3 rings (SSSR count). The summed E-state index contributed by atoms with van der Waals surface area (Å²) in [5.74, 6) is -0.0276. The van der Waals surface area contributed by atoms with Gasteiger partial charge in [0.05, 0.1) is 10.7 Å². The Labute approximate surface area is 146 Å². The van der Waals surface area contributed by atoms with E-state index in [0.29, 0.717) is 11.4 Å². The van der Waals surface area contributed by atoms with Crippen LogP contribution in [0.3, 0.4) is 0 Å². The summed E-state index contributed by atoms with van der Waals surface area (Å²) in [7, 11) is 0. The summed E-state index contributed by atoms with van der Waals surface area (Å²) in [6, 6.07) is 20.4. The van der Waals surface area contributed by atoms with Gasteiger partial charge in [-0.3, -0.25) is 4.79 Å². The lowest BCUT2D eigenvalue weighted by molar-refractivity contribution is 0.0957. The average Bonchev–Trinajstić information content (AvgIpc) is 2.97. The SMILES string of the molecule is Cc1nc(Cc2ccccc2)sc1C(=O)NCCc1ccccc1. The standard InChI is InChI=1S/C20H20N2OS/c1-15-19(20(23)21-13-12-16-8-4-2-5-9-16)24-18(22-15)14-17-10-6-3-7-11-17/h2-11H,12-14H2,1H3,(H,21,23). The molecule has 0 radical (unpaired) electrons. The zero-order chi connectivity index (χ0) is 16.8. The van der Waals surface area contributed by atoms with Crippen molar-refractivity contribution in [3.8, 4) is 0 Å². The van der Waals surface area contributed by atoms with E-state index >= 15 is 0 Å². The molecule has 1 heterocycles. The van der Waals surface area contributed by atoms with E-state index in [1.165, 1.54) is 22.5 Å². The molecular formula is C20H20N2OS. The van der Waals surface area contributed by atoms with Gasteiger partial charge in [0.1, 0.15) is 4.88 Å². The van der Waals surface area contributed by atoms with Gasteiger partial charge in [-0.2, -0.15) is 0 Å². The first-order valence-corrected chi connectivity index (χ1v) is 8.86. The van der Waals surface area contributed by atoms with Crippen LogP contribution in [0.5, 0.6) is 0 Å². The minimum Gasteiger partial charge on any atom is -0.351 e. The molecule has 3 nitrogen and oxygen atoms in total. The van der Waals surface area contributed by atoms with E-state index in [9.17, 15) is 4.79 Å². The second-order valence-electron chi connectivity index (χ2n) is 5.68. The largest absolute Gasteiger partial charge is 0.351 e. The number of amides is 1. The Morgan fingerprint density at radius 2 is 1.62 bits per heavy atom. The zero-order valence-electron chi connectivity index (χ0n) is 13.7. The third-order valence-electron chi connectivity index (χ3n) is 3.79. The molecule has 24 heavy (non-hydrogen) atoms. The third kappa shape index (κ3) is 4.30. The molecule has 4 heteroatoms. The number of carbonyl (C=O) groups excluding carboxylic acids is 1. The van der Waals surface area contributed by atoms with Crippen LogP contribution in [-0.4, -0.2) is 17.4 Å². The van der Waals surface area contributed by atoms with E-state index in [-0.39, 0.29) is 5.91 Å². The highest BCUT2D eigenvalue weighted by atomic mass is 32.1. The van der Waals surface area contributed by atoms with Gasteiger partial charge in [0.15, 0.2) is 0 Å². The minimum absolute atomic E-state index is 0.0276. The van der Waals surface area contributed by atoms with Crippen LogP contribution in [-0.2, 0) is 12.8 Å². The molecule has 0 saturated heterocycles. The number of carbonyl (C=O) groups is 1. The highest BCUT2D eigenvalue weighted by Gasteiger charge is 2.15. The van der Waals surface area contributed by atoms with Gasteiger partial charge in [-0.15, -0.1) is 11.3 Å². The highest BCUT2D eigenvalue weighted by Crippen LogP contribution is 2.20. The Hall–Kier alpha value is -2.46. The van der Waals surface area contributed by atoms with Gasteiger partial charge in [0.2, 0.25) is 0 Å². The lowest BCUT2D eigenvalue weighted by Gasteiger charge is -2.04. The number of benzene rings is 2. The maximum atomic E-state index is 12.4. The van der Waals surface area contributed by atoms with Crippen molar-refractivity contribution in [1.29, 1.82) is 0 Å². The molecule has 0 aliphatic carbocycles. The molecule has 2 aromatic carbocycles. The molecule has 3 aromatic rings. The van der Waals surface area contributed by atoms with Gasteiger partial charge in [0.25, 0.3) is 5.91 Å². The summed E-state index contributed by atoms with van der Waals surface area (Å²) in [4.78, 5) is 17.6. The van der Waals surface area contributed by atoms with Crippen LogP contribution in [0.1, 0.15) is 31.5 Å². The fourth-order valence-corrected chi connectivity index (χ4v) is 3.57. The first-order valence-electron chi connectivity index (χ1n) is 8.05. The summed E-state index contributed by atoms with van der Waals surface area (Å²) in [6.45, 7) is 2.53. The molecule has 122 valence electrons. The number of nitrogens with zero attached hydrogens (tertiary/aromatic N) is 1. The topological polar surface area (TPSA) is 42.0 Å². The Morgan fingerprint density at radius 3 is 2.29 bits per heavy atom. The van der Waals surface area contributed by atoms with Gasteiger partial charge in [-0.05, 0) is 24.5 Å². The first-order chi connectivity index (χ1) is 11.7. The summed E-state index contributed by atoms with van der Waals surface area (Å²) in [5.41, 5.74) is 3.24. The first kappa shape index (κ1) is 16.4. The Balaban J connectivity index is 1.59. The molecule has 0 unspecified atom stereocenters. The Bertz CT molecular complexity index is 797. The quantitative estimate of drug-likeness (QED) is 0.739. The molecule has 0 spiro atoms. The zero-order valence-corrected chi connectivity index (χ0v) is 14.5. The van der Waals surface area contributed by atoms with Crippen LogP contribution in [0.2, 0.25) is 0 Å². The van der Waals surface area contributed by atoms with Crippen molar-refractivity contribution >= 4 is 17.2 Å². The maximum absolute atomic E-state index is 12.4. The van der Waals surface area contributed by atoms with E-state index in [2.05, 4.69) is 34.6 Å². The molecule has 0 atom stereocenters. The highest BCUT2D eigenvalue weighted by molar-refractivity contribution is 7.13. The van der Waals surface area contributed by atoms with Gasteiger partial charge in [0, 0.05) is 13.0 Å². The van der Waals surface area contributed by atoms with Gasteiger partial charge < -0.3 is 5.32 Å². The fraction of sp³-hybridized carbons (Fsp3) is 0.200. The number of aryl methyl sites for hydroxylation is 1. The molecule has 1 aromatic heterocycles. The van der Waals surface area contributed by atoms with E-state index in [4.69, 9.17) is 0 Å². The maximum Gasteiger partial charge on any atom is 0.263 e. The van der Waals surface area contributed by atoms with E-state index < -0.39 is 0 Å². The molecule has 0 aliphatic heterocycles. The van der Waals surface area contributed by atoms with Crippen LogP contribution in [0.25, 0.3) is 0 Å². The van der Waals surface area contributed by atoms with E-state index in [0.717, 1.165) is 23.5 Å². The number of rotatable bonds is 6. The number of hydrogen-bond donors (Lipinski definition) is 1. The predicted molar refractivity (Wildman–Crippen MR) is 98.6 cm³/mol. The lowest BCUT2D eigenvalue weighted by Crippen LogP contribution is -2.25. The smallest absolute Gasteiger partial charge is 0.263 e. The van der Waals surface area contributed by atoms with Crippen molar-refractivity contribution < 1.29 is 4.79 Å². The van der Waals surface area contributed by atoms with Crippen molar-refractivity contribution in [3.63, 3.8) is 0 Å². The van der Waals surface area contributed by atoms with Crippen molar-refractivity contribution in [2.45, 2.75) is 19.8 Å². The summed E-state index contributed by atoms with van der Waals surface area (Å²) in [6.07, 6.45) is 1.60. The average molecular weight is 336 g/mol. The molecule has 0 aliphatic rings. The number of hydrogen-bond acceptors (Lipinski definition) is 3. The normalized spacial score (nSPS) is 10.5. The molecule has 0 bridgehead atoms. The second-order valence-corrected chi connectivity index (χ2v) is 6.76. The number of aromatic nitrogens is 1. The monoisotopic (exact) mass is 336 g/mol. The predicted octanol–water partition coefficient (Wildman–Crippen LogP) is 4.01. The summed E-state index contributed by atoms with van der Waals surface area (Å²) in [5, 5.41) is 3.98. The van der Waals surface area contributed by atoms with Crippen LogP contribution >= 0.6 is 11.3 Å². The molecule has 0 fully saturated rings. The van der Waals surface area contributed by atoms with E-state index in [1.54, 1.807) is 0 Å².